The molecule has 9 heteroatoms. The second-order valence-corrected chi connectivity index (χ2v) is 4.66. The van der Waals surface area contributed by atoms with Gasteiger partial charge in [0.2, 0.25) is 0 Å². The normalized spacial score (nSPS) is 14.9. The van der Waals surface area contributed by atoms with Crippen molar-refractivity contribution in [3.63, 3.8) is 0 Å². The Bertz CT molecular complexity index is 468. The van der Waals surface area contributed by atoms with E-state index in [4.69, 9.17) is 11.1 Å². The number of benzene rings is 1. The highest BCUT2D eigenvalue weighted by Gasteiger charge is 2.31. The van der Waals surface area contributed by atoms with Gasteiger partial charge < -0.3 is 10.6 Å². The minimum absolute atomic E-state index is 0. The second-order valence-electron chi connectivity index (χ2n) is 3.58. The Morgan fingerprint density at radius 1 is 1.26 bits per heavy atom. The molecule has 0 aliphatic carbocycles. The molecule has 0 amide bonds. The van der Waals surface area contributed by atoms with Crippen LogP contribution in [0.5, 0.6) is 0 Å². The molecule has 1 aromatic carbocycles. The van der Waals surface area contributed by atoms with Crippen molar-refractivity contribution in [3.05, 3.63) is 23.8 Å². The van der Waals surface area contributed by atoms with Crippen LogP contribution in [-0.2, 0) is 6.18 Å². The molecule has 1 aromatic rings. The summed E-state index contributed by atoms with van der Waals surface area (Å²) in [6.07, 6.45) is -4.39. The molecule has 0 atom stereocenters. The van der Waals surface area contributed by atoms with Crippen LogP contribution in [0.1, 0.15) is 5.56 Å². The monoisotopic (exact) mass is 333 g/mol. The van der Waals surface area contributed by atoms with Gasteiger partial charge in [0.1, 0.15) is 0 Å². The molecule has 0 aromatic heterocycles. The maximum Gasteiger partial charge on any atom is 0.416 e. The van der Waals surface area contributed by atoms with E-state index in [1.807, 2.05) is 0 Å². The standard InChI is InChI=1S/C10H10F3N3S.2ClH/c11-10(12,13)6-1-2-8(7(14)5-6)16-3-4-17-9(16)15;;/h1-2,5,15H,3-4,14H2;2*1H. The third-order valence-corrected chi connectivity index (χ3v) is 3.33. The summed E-state index contributed by atoms with van der Waals surface area (Å²) < 4.78 is 37.3. The van der Waals surface area contributed by atoms with Crippen LogP contribution in [0.2, 0.25) is 0 Å². The van der Waals surface area contributed by atoms with E-state index in [0.717, 1.165) is 17.9 Å². The molecular formula is C10H12Cl2F3N3S. The lowest BCUT2D eigenvalue weighted by atomic mass is 10.1. The van der Waals surface area contributed by atoms with Crippen LogP contribution in [0.15, 0.2) is 18.2 Å². The summed E-state index contributed by atoms with van der Waals surface area (Å²) in [5.41, 5.74) is 5.36. The minimum Gasteiger partial charge on any atom is -0.397 e. The smallest absolute Gasteiger partial charge is 0.397 e. The molecule has 3 N–H and O–H groups in total. The quantitative estimate of drug-likeness (QED) is 0.772. The maximum absolute atomic E-state index is 12.4. The first-order valence-electron chi connectivity index (χ1n) is 4.85. The van der Waals surface area contributed by atoms with E-state index in [1.54, 1.807) is 4.90 Å². The molecule has 0 saturated carbocycles. The third kappa shape index (κ3) is 3.84. The zero-order valence-electron chi connectivity index (χ0n) is 9.53. The summed E-state index contributed by atoms with van der Waals surface area (Å²) in [7, 11) is 0. The first kappa shape index (κ1) is 18.2. The molecule has 1 aliphatic heterocycles. The molecule has 108 valence electrons. The highest BCUT2D eigenvalue weighted by molar-refractivity contribution is 8.14. The number of hydrogen-bond acceptors (Lipinski definition) is 3. The predicted octanol–water partition coefficient (Wildman–Crippen LogP) is 3.62. The Labute approximate surface area is 125 Å². The Hall–Kier alpha value is -0.790. The van der Waals surface area contributed by atoms with Crippen LogP contribution in [0.3, 0.4) is 0 Å². The number of nitrogens with one attached hydrogen (secondary N) is 1. The molecule has 1 aliphatic rings. The topological polar surface area (TPSA) is 53.1 Å². The number of hydrogen-bond donors (Lipinski definition) is 2. The highest BCUT2D eigenvalue weighted by atomic mass is 35.5. The summed E-state index contributed by atoms with van der Waals surface area (Å²) in [4.78, 5) is 1.61. The number of nitrogens with two attached hydrogens (primary N) is 1. The van der Waals surface area contributed by atoms with Crippen molar-refractivity contribution in [1.29, 1.82) is 5.41 Å². The molecule has 2 rings (SSSR count). The van der Waals surface area contributed by atoms with Crippen LogP contribution in [0, 0.1) is 5.41 Å². The third-order valence-electron chi connectivity index (χ3n) is 2.44. The molecule has 1 saturated heterocycles. The molecule has 0 radical (unpaired) electrons. The lowest BCUT2D eigenvalue weighted by Gasteiger charge is -2.19. The van der Waals surface area contributed by atoms with Gasteiger partial charge in [0, 0.05) is 12.3 Å². The zero-order valence-corrected chi connectivity index (χ0v) is 12.0. The van der Waals surface area contributed by atoms with Crippen LogP contribution in [0.4, 0.5) is 24.5 Å². The molecule has 0 spiro atoms. The van der Waals surface area contributed by atoms with Crippen molar-refractivity contribution in [3.8, 4) is 0 Å². The Balaban J connectivity index is 0.00000162. The first-order chi connectivity index (χ1) is 7.89. The molecule has 19 heavy (non-hydrogen) atoms. The number of nitrogens with zero attached hydrogens (tertiary/aromatic N) is 1. The van der Waals surface area contributed by atoms with Gasteiger partial charge in [0.25, 0.3) is 0 Å². The van der Waals surface area contributed by atoms with Crippen molar-refractivity contribution in [2.24, 2.45) is 0 Å². The molecule has 3 nitrogen and oxygen atoms in total. The van der Waals surface area contributed by atoms with E-state index < -0.39 is 11.7 Å². The van der Waals surface area contributed by atoms with Crippen molar-refractivity contribution in [2.75, 3.05) is 22.9 Å². The molecular weight excluding hydrogens is 322 g/mol. The van der Waals surface area contributed by atoms with Crippen LogP contribution in [-0.4, -0.2) is 17.5 Å². The average molecular weight is 334 g/mol. The minimum atomic E-state index is -4.39. The van der Waals surface area contributed by atoms with Gasteiger partial charge in [0.05, 0.1) is 16.9 Å². The van der Waals surface area contributed by atoms with E-state index in [0.29, 0.717) is 17.4 Å². The van der Waals surface area contributed by atoms with E-state index in [1.165, 1.54) is 17.8 Å². The summed E-state index contributed by atoms with van der Waals surface area (Å²) >= 11 is 1.35. The molecule has 1 heterocycles. The summed E-state index contributed by atoms with van der Waals surface area (Å²) in [6.45, 7) is 0.596. The number of halogens is 5. The first-order valence-corrected chi connectivity index (χ1v) is 5.84. The van der Waals surface area contributed by atoms with Crippen molar-refractivity contribution >= 4 is 53.1 Å². The lowest BCUT2D eigenvalue weighted by Crippen LogP contribution is -2.24. The van der Waals surface area contributed by atoms with Crippen molar-refractivity contribution < 1.29 is 13.2 Å². The van der Waals surface area contributed by atoms with Crippen LogP contribution >= 0.6 is 36.6 Å². The number of nitrogen functional groups attached to an aromatic ring is 1. The van der Waals surface area contributed by atoms with Gasteiger partial charge in [-0.3, -0.25) is 5.41 Å². The van der Waals surface area contributed by atoms with E-state index in [-0.39, 0.29) is 30.5 Å². The van der Waals surface area contributed by atoms with Gasteiger partial charge in [-0.15, -0.1) is 24.8 Å². The van der Waals surface area contributed by atoms with Crippen LogP contribution < -0.4 is 10.6 Å². The van der Waals surface area contributed by atoms with Crippen LogP contribution in [0.25, 0.3) is 0 Å². The summed E-state index contributed by atoms with van der Waals surface area (Å²) in [6, 6.07) is 3.21. The Morgan fingerprint density at radius 3 is 2.32 bits per heavy atom. The van der Waals surface area contributed by atoms with E-state index in [2.05, 4.69) is 0 Å². The fourth-order valence-electron chi connectivity index (χ4n) is 1.62. The van der Waals surface area contributed by atoms with Gasteiger partial charge in [-0.05, 0) is 18.2 Å². The van der Waals surface area contributed by atoms with E-state index in [9.17, 15) is 13.2 Å². The van der Waals surface area contributed by atoms with Gasteiger partial charge >= 0.3 is 6.18 Å². The van der Waals surface area contributed by atoms with Gasteiger partial charge in [0.15, 0.2) is 5.17 Å². The number of amidine groups is 1. The second kappa shape index (κ2) is 6.58. The van der Waals surface area contributed by atoms with Gasteiger partial charge in [-0.1, -0.05) is 11.8 Å². The maximum atomic E-state index is 12.4. The number of rotatable bonds is 1. The fraction of sp³-hybridized carbons (Fsp3) is 0.300. The number of thioether (sulfide) groups is 1. The molecule has 0 bridgehead atoms. The number of anilines is 2. The summed E-state index contributed by atoms with van der Waals surface area (Å²) in [5, 5.41) is 7.94. The largest absolute Gasteiger partial charge is 0.416 e. The molecule has 0 unspecified atom stereocenters. The average Bonchev–Trinajstić information content (AvgIpc) is 2.63. The Kier molecular flexibility index (Phi) is 6.31. The SMILES string of the molecule is Cl.Cl.N=C1SCCN1c1ccc(C(F)(F)F)cc1N. The van der Waals surface area contributed by atoms with E-state index >= 15 is 0 Å². The number of alkyl halides is 3. The van der Waals surface area contributed by atoms with Gasteiger partial charge in [-0.2, -0.15) is 13.2 Å². The lowest BCUT2D eigenvalue weighted by molar-refractivity contribution is -0.137. The Morgan fingerprint density at radius 2 is 1.89 bits per heavy atom. The summed E-state index contributed by atoms with van der Waals surface area (Å²) in [5.74, 6) is 0.749. The predicted molar refractivity (Wildman–Crippen MR) is 77.9 cm³/mol. The van der Waals surface area contributed by atoms with Gasteiger partial charge in [-0.25, -0.2) is 0 Å². The van der Waals surface area contributed by atoms with Crippen molar-refractivity contribution in [2.45, 2.75) is 6.18 Å². The van der Waals surface area contributed by atoms with Crippen molar-refractivity contribution in [1.82, 2.24) is 0 Å². The molecule has 1 fully saturated rings. The zero-order chi connectivity index (χ0) is 12.6. The fourth-order valence-corrected chi connectivity index (χ4v) is 2.43. The highest BCUT2D eigenvalue weighted by Crippen LogP contribution is 2.35.